The van der Waals surface area contributed by atoms with E-state index in [0.29, 0.717) is 19.3 Å². The Balaban J connectivity index is 4.17. The Morgan fingerprint density at radius 2 is 0.582 bits per heavy atom. The maximum absolute atomic E-state index is 12.8. The molecule has 1 unspecified atom stereocenters. The fraction of sp³-hybridized carbons (Fsp3) is 0.721. The lowest BCUT2D eigenvalue weighted by molar-refractivity contribution is -0.167. The molecule has 0 aliphatic rings. The van der Waals surface area contributed by atoms with Crippen molar-refractivity contribution in [3.8, 4) is 0 Å². The molecule has 0 spiro atoms. The maximum atomic E-state index is 12.8. The van der Waals surface area contributed by atoms with Crippen molar-refractivity contribution in [2.24, 2.45) is 0 Å². The van der Waals surface area contributed by atoms with Crippen LogP contribution < -0.4 is 0 Å². The second-order valence-electron chi connectivity index (χ2n) is 18.5. The Morgan fingerprint density at radius 3 is 0.940 bits per heavy atom. The van der Waals surface area contributed by atoms with Crippen LogP contribution in [-0.4, -0.2) is 37.2 Å². The highest BCUT2D eigenvalue weighted by atomic mass is 16.6. The lowest BCUT2D eigenvalue weighted by atomic mass is 10.0. The van der Waals surface area contributed by atoms with E-state index in [9.17, 15) is 14.4 Å². The van der Waals surface area contributed by atoms with Crippen LogP contribution in [0.15, 0.2) is 85.1 Å². The molecule has 6 nitrogen and oxygen atoms in total. The summed E-state index contributed by atoms with van der Waals surface area (Å²) in [4.78, 5) is 37.9. The van der Waals surface area contributed by atoms with E-state index in [1.807, 2.05) is 0 Å². The smallest absolute Gasteiger partial charge is 0.306 e. The topological polar surface area (TPSA) is 78.9 Å². The molecule has 384 valence electrons. The number of hydrogen-bond acceptors (Lipinski definition) is 6. The Bertz CT molecular complexity index is 1300. The van der Waals surface area contributed by atoms with Crippen molar-refractivity contribution >= 4 is 17.9 Å². The number of hydrogen-bond donors (Lipinski definition) is 0. The van der Waals surface area contributed by atoms with Crippen molar-refractivity contribution in [3.63, 3.8) is 0 Å². The summed E-state index contributed by atoms with van der Waals surface area (Å²) in [6.07, 6.45) is 71.8. The summed E-state index contributed by atoms with van der Waals surface area (Å²) in [5, 5.41) is 0. The molecule has 0 amide bonds. The first-order chi connectivity index (χ1) is 33.0. The predicted octanol–water partition coefficient (Wildman–Crippen LogP) is 18.8. The van der Waals surface area contributed by atoms with Crippen LogP contribution in [-0.2, 0) is 28.6 Å². The minimum absolute atomic E-state index is 0.0931. The Labute approximate surface area is 414 Å². The van der Waals surface area contributed by atoms with Crippen molar-refractivity contribution in [2.45, 2.75) is 271 Å². The lowest BCUT2D eigenvalue weighted by Gasteiger charge is -2.18. The molecule has 0 aromatic carbocycles. The van der Waals surface area contributed by atoms with Gasteiger partial charge in [0.15, 0.2) is 6.10 Å². The van der Waals surface area contributed by atoms with Gasteiger partial charge in [-0.3, -0.25) is 14.4 Å². The molecule has 0 bridgehead atoms. The van der Waals surface area contributed by atoms with Gasteiger partial charge in [0.2, 0.25) is 0 Å². The van der Waals surface area contributed by atoms with Crippen LogP contribution in [0.2, 0.25) is 0 Å². The van der Waals surface area contributed by atoms with E-state index in [1.165, 1.54) is 128 Å². The maximum Gasteiger partial charge on any atom is 0.306 e. The van der Waals surface area contributed by atoms with Crippen molar-refractivity contribution in [3.05, 3.63) is 85.1 Å². The molecule has 0 aliphatic carbocycles. The summed E-state index contributed by atoms with van der Waals surface area (Å²) in [5.74, 6) is -0.942. The number of esters is 3. The van der Waals surface area contributed by atoms with Gasteiger partial charge in [0.05, 0.1) is 0 Å². The Morgan fingerprint density at radius 1 is 0.313 bits per heavy atom. The molecule has 0 fully saturated rings. The predicted molar refractivity (Wildman–Crippen MR) is 288 cm³/mol. The molecule has 1 atom stereocenters. The molecule has 0 radical (unpaired) electrons. The van der Waals surface area contributed by atoms with Crippen LogP contribution in [0.25, 0.3) is 0 Å². The average Bonchev–Trinajstić information content (AvgIpc) is 3.33. The van der Waals surface area contributed by atoms with Gasteiger partial charge in [-0.05, 0) is 96.3 Å². The molecular weight excluding hydrogens is 829 g/mol. The van der Waals surface area contributed by atoms with Crippen LogP contribution in [0, 0.1) is 0 Å². The van der Waals surface area contributed by atoms with Gasteiger partial charge in [0.25, 0.3) is 0 Å². The van der Waals surface area contributed by atoms with E-state index >= 15 is 0 Å². The van der Waals surface area contributed by atoms with E-state index < -0.39 is 6.10 Å². The van der Waals surface area contributed by atoms with Crippen molar-refractivity contribution in [1.29, 1.82) is 0 Å². The number of carbonyl (C=O) groups is 3. The normalized spacial score (nSPS) is 12.7. The van der Waals surface area contributed by atoms with Crippen molar-refractivity contribution in [2.75, 3.05) is 13.2 Å². The monoisotopic (exact) mass is 933 g/mol. The minimum atomic E-state index is -0.795. The zero-order valence-electron chi connectivity index (χ0n) is 43.9. The van der Waals surface area contributed by atoms with Gasteiger partial charge < -0.3 is 14.2 Å². The molecule has 0 aliphatic heterocycles. The molecule has 0 saturated carbocycles. The molecule has 0 rings (SSSR count). The van der Waals surface area contributed by atoms with Crippen LogP contribution in [0.4, 0.5) is 0 Å². The molecule has 67 heavy (non-hydrogen) atoms. The van der Waals surface area contributed by atoms with Gasteiger partial charge in [-0.2, -0.15) is 0 Å². The van der Waals surface area contributed by atoms with Crippen LogP contribution >= 0.6 is 0 Å². The number of allylic oxidation sites excluding steroid dienone is 14. The van der Waals surface area contributed by atoms with E-state index in [0.717, 1.165) is 89.9 Å². The van der Waals surface area contributed by atoms with Gasteiger partial charge in [-0.1, -0.05) is 234 Å². The van der Waals surface area contributed by atoms with Crippen LogP contribution in [0.3, 0.4) is 0 Å². The van der Waals surface area contributed by atoms with Crippen molar-refractivity contribution < 1.29 is 28.6 Å². The summed E-state index contributed by atoms with van der Waals surface area (Å²) >= 11 is 0. The SMILES string of the molecule is CC/C=C\C/C=C\C/C=C\C/C=C\CCCCC(=O)OC(COC(=O)CCCCCCCCC)COC(=O)CCCCCCCCCCCCCC/C=C\C/C=C\C/C=C\CCCCCCC. The summed E-state index contributed by atoms with van der Waals surface area (Å²) in [7, 11) is 0. The fourth-order valence-corrected chi connectivity index (χ4v) is 7.68. The zero-order chi connectivity index (χ0) is 48.6. The molecular formula is C61H104O6. The highest BCUT2D eigenvalue weighted by molar-refractivity contribution is 5.71. The summed E-state index contributed by atoms with van der Waals surface area (Å²) in [6.45, 7) is 6.44. The van der Waals surface area contributed by atoms with Crippen molar-refractivity contribution in [1.82, 2.24) is 0 Å². The van der Waals surface area contributed by atoms with Gasteiger partial charge in [-0.25, -0.2) is 0 Å². The van der Waals surface area contributed by atoms with E-state index in [2.05, 4.69) is 106 Å². The average molecular weight is 933 g/mol. The zero-order valence-corrected chi connectivity index (χ0v) is 43.9. The lowest BCUT2D eigenvalue weighted by Crippen LogP contribution is -2.30. The number of unbranched alkanes of at least 4 members (excludes halogenated alkanes) is 25. The fourth-order valence-electron chi connectivity index (χ4n) is 7.68. The molecule has 0 aromatic rings. The van der Waals surface area contributed by atoms with Crippen LogP contribution in [0.1, 0.15) is 265 Å². The van der Waals surface area contributed by atoms with E-state index in [1.54, 1.807) is 0 Å². The highest BCUT2D eigenvalue weighted by Crippen LogP contribution is 2.15. The third kappa shape index (κ3) is 53.4. The Hall–Kier alpha value is -3.41. The second kappa shape index (κ2) is 55.2. The molecule has 0 heterocycles. The van der Waals surface area contributed by atoms with Crippen LogP contribution in [0.5, 0.6) is 0 Å². The van der Waals surface area contributed by atoms with E-state index in [4.69, 9.17) is 14.2 Å². The Kier molecular flexibility index (Phi) is 52.4. The summed E-state index contributed by atoms with van der Waals surface area (Å²) in [6, 6.07) is 0. The highest BCUT2D eigenvalue weighted by Gasteiger charge is 2.19. The van der Waals surface area contributed by atoms with Gasteiger partial charge in [0.1, 0.15) is 13.2 Å². The molecule has 6 heteroatoms. The molecule has 0 aromatic heterocycles. The first kappa shape index (κ1) is 63.6. The van der Waals surface area contributed by atoms with Gasteiger partial charge in [0, 0.05) is 19.3 Å². The molecule has 0 N–H and O–H groups in total. The quantitative estimate of drug-likeness (QED) is 0.0262. The largest absolute Gasteiger partial charge is 0.462 e. The third-order valence-corrected chi connectivity index (χ3v) is 11.9. The number of carbonyl (C=O) groups excluding carboxylic acids is 3. The van der Waals surface area contributed by atoms with Gasteiger partial charge >= 0.3 is 17.9 Å². The number of ether oxygens (including phenoxy) is 3. The second-order valence-corrected chi connectivity index (χ2v) is 18.5. The third-order valence-electron chi connectivity index (χ3n) is 11.9. The van der Waals surface area contributed by atoms with E-state index in [-0.39, 0.29) is 37.5 Å². The molecule has 0 saturated heterocycles. The first-order valence-electron chi connectivity index (χ1n) is 28.1. The van der Waals surface area contributed by atoms with Gasteiger partial charge in [-0.15, -0.1) is 0 Å². The number of rotatable bonds is 50. The minimum Gasteiger partial charge on any atom is -0.462 e. The standard InChI is InChI=1S/C61H104O6/c1-4-7-10-13-16-18-20-22-24-25-26-27-28-29-30-31-32-33-34-35-37-38-40-42-45-48-51-54-60(63)66-57-58(56-65-59(62)53-50-47-44-15-12-9-6-3)67-61(64)55-52-49-46-43-41-39-36-23-21-19-17-14-11-8-5-2/h8,11,17,19-20,22-23,25-26,28-29,36,41,43,58H,4-7,9-10,12-16,18,21,24,27,30-35,37-40,42,44-57H2,1-3H3/b11-8-,19-17-,22-20-,26-25-,29-28-,36-23-,43-41-. The first-order valence-corrected chi connectivity index (χ1v) is 28.1. The summed E-state index contributed by atoms with van der Waals surface area (Å²) < 4.78 is 16.7. The summed E-state index contributed by atoms with van der Waals surface area (Å²) in [5.41, 5.74) is 0.